The van der Waals surface area contributed by atoms with Crippen molar-refractivity contribution in [3.63, 3.8) is 0 Å². The van der Waals surface area contributed by atoms with Crippen LogP contribution in [0.1, 0.15) is 22.3 Å². The van der Waals surface area contributed by atoms with E-state index in [4.69, 9.17) is 0 Å². The summed E-state index contributed by atoms with van der Waals surface area (Å²) >= 11 is 7.78. The van der Waals surface area contributed by atoms with Gasteiger partial charge in [0.1, 0.15) is 8.16 Å². The topological polar surface area (TPSA) is 0 Å². The van der Waals surface area contributed by atoms with Crippen LogP contribution in [0.5, 0.6) is 0 Å². The molecule has 0 nitrogen and oxygen atoms in total. The van der Waals surface area contributed by atoms with Crippen molar-refractivity contribution in [1.29, 1.82) is 0 Å². The molecule has 1 aliphatic rings. The molecular formula is C18H20S4. The Balaban J connectivity index is 2.44. The second-order valence-electron chi connectivity index (χ2n) is 5.14. The minimum absolute atomic E-state index is 0.0118. The van der Waals surface area contributed by atoms with Crippen LogP contribution in [0.25, 0.3) is 0 Å². The molecule has 0 radical (unpaired) electrons. The second-order valence-corrected chi connectivity index (χ2v) is 9.74. The van der Waals surface area contributed by atoms with Crippen LogP contribution in [0.2, 0.25) is 0 Å². The van der Waals surface area contributed by atoms with Gasteiger partial charge in [-0.15, -0.1) is 47.0 Å². The highest BCUT2D eigenvalue weighted by atomic mass is 32.2. The second kappa shape index (κ2) is 6.39. The molecule has 0 atom stereocenters. The fourth-order valence-electron chi connectivity index (χ4n) is 3.45. The van der Waals surface area contributed by atoms with Crippen molar-refractivity contribution in [1.82, 2.24) is 0 Å². The zero-order valence-electron chi connectivity index (χ0n) is 13.3. The summed E-state index contributed by atoms with van der Waals surface area (Å²) in [6, 6.07) is 18.0. The maximum Gasteiger partial charge on any atom is 0.111 e. The normalized spacial score (nSPS) is 17.6. The Labute approximate surface area is 150 Å². The first-order chi connectivity index (χ1) is 10.7. The molecule has 0 spiro atoms. The van der Waals surface area contributed by atoms with Crippen LogP contribution in [0.4, 0.5) is 0 Å². The predicted octanol–water partition coefficient (Wildman–Crippen LogP) is 5.85. The van der Waals surface area contributed by atoms with Crippen molar-refractivity contribution < 1.29 is 0 Å². The summed E-state index contributed by atoms with van der Waals surface area (Å²) in [6.45, 7) is 0. The summed E-state index contributed by atoms with van der Waals surface area (Å²) in [5.41, 5.74) is 5.82. The molecule has 0 bridgehead atoms. The van der Waals surface area contributed by atoms with Crippen molar-refractivity contribution in [3.8, 4) is 0 Å². The highest BCUT2D eigenvalue weighted by Crippen LogP contribution is 2.64. The van der Waals surface area contributed by atoms with Gasteiger partial charge in [-0.1, -0.05) is 48.5 Å². The summed E-state index contributed by atoms with van der Waals surface area (Å²) in [7, 11) is 0. The summed E-state index contributed by atoms with van der Waals surface area (Å²) in [5.74, 6) is 0. The molecule has 0 heterocycles. The molecule has 2 aromatic carbocycles. The van der Waals surface area contributed by atoms with Gasteiger partial charge in [-0.05, 0) is 47.3 Å². The zero-order chi connectivity index (χ0) is 15.8. The van der Waals surface area contributed by atoms with Gasteiger partial charge in [0.2, 0.25) is 0 Å². The molecule has 2 aromatic rings. The van der Waals surface area contributed by atoms with Crippen LogP contribution in [-0.4, -0.2) is 25.0 Å². The quantitative estimate of drug-likeness (QED) is 0.623. The van der Waals surface area contributed by atoms with Gasteiger partial charge < -0.3 is 0 Å². The maximum absolute atomic E-state index is 2.32. The highest BCUT2D eigenvalue weighted by Gasteiger charge is 2.49. The first kappa shape index (κ1) is 16.7. The summed E-state index contributed by atoms with van der Waals surface area (Å²) < 4.78 is -0.0235. The van der Waals surface area contributed by atoms with Crippen LogP contribution >= 0.6 is 47.0 Å². The minimum atomic E-state index is -0.0118. The number of hydrogen-bond acceptors (Lipinski definition) is 4. The van der Waals surface area contributed by atoms with Crippen LogP contribution in [0, 0.1) is 0 Å². The summed E-state index contributed by atoms with van der Waals surface area (Å²) in [6.07, 6.45) is 8.93. The number of benzene rings is 2. The van der Waals surface area contributed by atoms with Gasteiger partial charge >= 0.3 is 0 Å². The fourth-order valence-corrected chi connectivity index (χ4v) is 7.97. The Morgan fingerprint density at radius 3 is 0.909 bits per heavy atom. The largest absolute Gasteiger partial charge is 0.138 e. The molecule has 0 N–H and O–H groups in total. The van der Waals surface area contributed by atoms with E-state index in [0.29, 0.717) is 0 Å². The molecule has 0 unspecified atom stereocenters. The van der Waals surface area contributed by atoms with Crippen molar-refractivity contribution in [2.24, 2.45) is 0 Å². The third-order valence-electron chi connectivity index (χ3n) is 4.42. The first-order valence-electron chi connectivity index (χ1n) is 7.10. The minimum Gasteiger partial charge on any atom is -0.138 e. The van der Waals surface area contributed by atoms with E-state index in [1.54, 1.807) is 0 Å². The average Bonchev–Trinajstić information content (AvgIpc) is 2.60. The van der Waals surface area contributed by atoms with E-state index in [-0.39, 0.29) is 8.16 Å². The summed E-state index contributed by atoms with van der Waals surface area (Å²) in [5, 5.41) is 0. The third-order valence-corrected chi connectivity index (χ3v) is 10.5. The molecule has 3 rings (SSSR count). The van der Waals surface area contributed by atoms with E-state index >= 15 is 0 Å². The molecule has 0 saturated carbocycles. The van der Waals surface area contributed by atoms with E-state index < -0.39 is 0 Å². The molecule has 0 aromatic heterocycles. The number of fused-ring (bicyclic) bond motifs is 2. The highest BCUT2D eigenvalue weighted by molar-refractivity contribution is 8.18. The Morgan fingerprint density at radius 1 is 0.500 bits per heavy atom. The lowest BCUT2D eigenvalue weighted by Gasteiger charge is -2.46. The van der Waals surface area contributed by atoms with Crippen LogP contribution in [-0.2, 0) is 8.16 Å². The van der Waals surface area contributed by atoms with Crippen LogP contribution in [0.15, 0.2) is 48.5 Å². The van der Waals surface area contributed by atoms with E-state index in [1.807, 2.05) is 47.0 Å². The molecule has 4 heteroatoms. The molecule has 0 amide bonds. The third kappa shape index (κ3) is 2.10. The SMILES string of the molecule is CSC1(SC)c2ccccc2C(SC)(SC)c2ccccc21. The number of rotatable bonds is 4. The van der Waals surface area contributed by atoms with Crippen LogP contribution in [0.3, 0.4) is 0 Å². The number of hydrogen-bond donors (Lipinski definition) is 0. The average molecular weight is 365 g/mol. The molecular weight excluding hydrogens is 344 g/mol. The van der Waals surface area contributed by atoms with E-state index in [9.17, 15) is 0 Å². The van der Waals surface area contributed by atoms with Crippen molar-refractivity contribution in [2.45, 2.75) is 8.16 Å². The van der Waals surface area contributed by atoms with E-state index in [1.165, 1.54) is 22.3 Å². The molecule has 0 fully saturated rings. The fraction of sp³-hybridized carbons (Fsp3) is 0.333. The standard InChI is InChI=1S/C18H20S4/c1-19-17(20-2)13-9-5-7-11-15(13)18(21-3,22-4)16-12-8-6-10-14(16)17/h5-12H,1-4H3. The summed E-state index contributed by atoms with van der Waals surface area (Å²) in [4.78, 5) is 0. The van der Waals surface area contributed by atoms with Crippen molar-refractivity contribution >= 4 is 47.0 Å². The number of thioether (sulfide) groups is 4. The lowest BCUT2D eigenvalue weighted by atomic mass is 9.84. The molecule has 0 aliphatic heterocycles. The van der Waals surface area contributed by atoms with Gasteiger partial charge in [0.05, 0.1) is 0 Å². The monoisotopic (exact) mass is 364 g/mol. The maximum atomic E-state index is 2.32. The van der Waals surface area contributed by atoms with E-state index in [0.717, 1.165) is 0 Å². The van der Waals surface area contributed by atoms with Gasteiger partial charge in [0, 0.05) is 0 Å². The predicted molar refractivity (Wildman–Crippen MR) is 109 cm³/mol. The smallest absolute Gasteiger partial charge is 0.111 e. The lowest BCUT2D eigenvalue weighted by molar-refractivity contribution is 0.895. The molecule has 116 valence electrons. The first-order valence-corrected chi connectivity index (χ1v) is 12.0. The van der Waals surface area contributed by atoms with Crippen LogP contribution < -0.4 is 0 Å². The Bertz CT molecular complexity index is 563. The van der Waals surface area contributed by atoms with Gasteiger partial charge in [0.25, 0.3) is 0 Å². The molecule has 1 aliphatic carbocycles. The Kier molecular flexibility index (Phi) is 4.84. The lowest BCUT2D eigenvalue weighted by Crippen LogP contribution is -2.35. The van der Waals surface area contributed by atoms with E-state index in [2.05, 4.69) is 73.6 Å². The van der Waals surface area contributed by atoms with Gasteiger partial charge in [-0.25, -0.2) is 0 Å². The Morgan fingerprint density at radius 2 is 0.727 bits per heavy atom. The van der Waals surface area contributed by atoms with Gasteiger partial charge in [-0.2, -0.15) is 0 Å². The van der Waals surface area contributed by atoms with Crippen molar-refractivity contribution in [2.75, 3.05) is 25.0 Å². The van der Waals surface area contributed by atoms with Gasteiger partial charge in [0.15, 0.2) is 0 Å². The van der Waals surface area contributed by atoms with Gasteiger partial charge in [-0.3, -0.25) is 0 Å². The molecule has 0 saturated heterocycles. The zero-order valence-corrected chi connectivity index (χ0v) is 16.5. The Hall–Kier alpha value is -0.160. The van der Waals surface area contributed by atoms with Crippen molar-refractivity contribution in [3.05, 3.63) is 70.8 Å². The molecule has 22 heavy (non-hydrogen) atoms.